The molecule has 0 radical (unpaired) electrons. The molecule has 2 heterocycles. The number of imidazole rings is 1. The van der Waals surface area contributed by atoms with Gasteiger partial charge in [-0.3, -0.25) is 4.79 Å². The second-order valence-electron chi connectivity index (χ2n) is 4.53. The molecule has 0 aromatic carbocycles. The number of hydrogen-bond donors (Lipinski definition) is 1. The minimum absolute atomic E-state index is 0.0548. The SMILES string of the molecule is CCCC1(O)CN(C(=O)c2cncn2C)C1. The number of likely N-dealkylation sites (tertiary alicyclic amines) is 1. The molecule has 1 amide bonds. The zero-order valence-corrected chi connectivity index (χ0v) is 9.68. The number of carbonyl (C=O) groups excluding carboxylic acids is 1. The fourth-order valence-corrected chi connectivity index (χ4v) is 2.16. The van der Waals surface area contributed by atoms with E-state index in [1.54, 1.807) is 29.0 Å². The maximum atomic E-state index is 12.0. The molecule has 1 fully saturated rings. The molecule has 16 heavy (non-hydrogen) atoms. The quantitative estimate of drug-likeness (QED) is 0.807. The van der Waals surface area contributed by atoms with Crippen molar-refractivity contribution in [3.05, 3.63) is 18.2 Å². The van der Waals surface area contributed by atoms with Crippen LogP contribution in [0.4, 0.5) is 0 Å². The Morgan fingerprint density at radius 2 is 2.31 bits per heavy atom. The van der Waals surface area contributed by atoms with Gasteiger partial charge in [0.15, 0.2) is 0 Å². The lowest BCUT2D eigenvalue weighted by Gasteiger charge is -2.46. The number of aryl methyl sites for hydroxylation is 1. The first kappa shape index (κ1) is 11.1. The Labute approximate surface area is 94.7 Å². The molecule has 1 aromatic rings. The van der Waals surface area contributed by atoms with E-state index in [4.69, 9.17) is 0 Å². The van der Waals surface area contributed by atoms with Crippen molar-refractivity contribution >= 4 is 5.91 Å². The molecule has 0 atom stereocenters. The van der Waals surface area contributed by atoms with Crippen molar-refractivity contribution in [2.45, 2.75) is 25.4 Å². The van der Waals surface area contributed by atoms with Gasteiger partial charge in [-0.25, -0.2) is 4.98 Å². The Kier molecular flexibility index (Phi) is 2.71. The highest BCUT2D eigenvalue weighted by atomic mass is 16.3. The highest BCUT2D eigenvalue weighted by Crippen LogP contribution is 2.26. The second-order valence-corrected chi connectivity index (χ2v) is 4.53. The summed E-state index contributed by atoms with van der Waals surface area (Å²) >= 11 is 0. The number of aliphatic hydroxyl groups is 1. The molecule has 0 bridgehead atoms. The molecule has 1 aliphatic rings. The summed E-state index contributed by atoms with van der Waals surface area (Å²) in [6.07, 6.45) is 4.84. The predicted molar refractivity (Wildman–Crippen MR) is 59.0 cm³/mol. The number of hydrogen-bond acceptors (Lipinski definition) is 3. The minimum Gasteiger partial charge on any atom is -0.386 e. The summed E-state index contributed by atoms with van der Waals surface area (Å²) in [5.41, 5.74) is -0.0956. The Morgan fingerprint density at radius 3 is 2.81 bits per heavy atom. The van der Waals surface area contributed by atoms with Crippen molar-refractivity contribution in [3.8, 4) is 0 Å². The standard InChI is InChI=1S/C11H17N3O2/c1-3-4-11(16)6-14(7-11)10(15)9-5-12-8-13(9)2/h5,8,16H,3-4,6-7H2,1-2H3. The lowest BCUT2D eigenvalue weighted by molar-refractivity contribution is -0.0862. The van der Waals surface area contributed by atoms with E-state index in [0.717, 1.165) is 12.8 Å². The van der Waals surface area contributed by atoms with E-state index < -0.39 is 5.60 Å². The van der Waals surface area contributed by atoms with Crippen LogP contribution >= 0.6 is 0 Å². The van der Waals surface area contributed by atoms with E-state index in [1.807, 2.05) is 6.92 Å². The smallest absolute Gasteiger partial charge is 0.272 e. The Balaban J connectivity index is 1.98. The number of carbonyl (C=O) groups is 1. The van der Waals surface area contributed by atoms with Crippen LogP contribution in [0.5, 0.6) is 0 Å². The summed E-state index contributed by atoms with van der Waals surface area (Å²) in [5, 5.41) is 9.98. The van der Waals surface area contributed by atoms with Crippen LogP contribution in [0, 0.1) is 0 Å². The van der Waals surface area contributed by atoms with Crippen LogP contribution in [0.25, 0.3) is 0 Å². The van der Waals surface area contributed by atoms with Crippen LogP contribution in [-0.4, -0.2) is 44.2 Å². The maximum Gasteiger partial charge on any atom is 0.272 e. The van der Waals surface area contributed by atoms with Crippen LogP contribution in [0.15, 0.2) is 12.5 Å². The first-order valence-electron chi connectivity index (χ1n) is 5.54. The third-order valence-corrected chi connectivity index (χ3v) is 3.01. The molecule has 0 saturated carbocycles. The lowest BCUT2D eigenvalue weighted by Crippen LogP contribution is -2.63. The van der Waals surface area contributed by atoms with E-state index in [1.165, 1.54) is 0 Å². The van der Waals surface area contributed by atoms with Gasteiger partial charge in [0, 0.05) is 7.05 Å². The summed E-state index contributed by atoms with van der Waals surface area (Å²) in [6.45, 7) is 2.90. The van der Waals surface area contributed by atoms with Crippen LogP contribution < -0.4 is 0 Å². The van der Waals surface area contributed by atoms with Crippen molar-refractivity contribution in [2.75, 3.05) is 13.1 Å². The van der Waals surface area contributed by atoms with Crippen molar-refractivity contribution in [1.29, 1.82) is 0 Å². The number of nitrogens with zero attached hydrogens (tertiary/aromatic N) is 3. The van der Waals surface area contributed by atoms with Crippen LogP contribution in [0.2, 0.25) is 0 Å². The van der Waals surface area contributed by atoms with Crippen LogP contribution in [0.3, 0.4) is 0 Å². The van der Waals surface area contributed by atoms with E-state index in [9.17, 15) is 9.90 Å². The average molecular weight is 223 g/mol. The average Bonchev–Trinajstić information content (AvgIpc) is 2.60. The van der Waals surface area contributed by atoms with Gasteiger partial charge in [0.2, 0.25) is 0 Å². The second kappa shape index (κ2) is 3.90. The highest BCUT2D eigenvalue weighted by Gasteiger charge is 2.43. The van der Waals surface area contributed by atoms with Crippen molar-refractivity contribution in [3.63, 3.8) is 0 Å². The molecular weight excluding hydrogens is 206 g/mol. The molecule has 0 aliphatic carbocycles. The molecule has 1 saturated heterocycles. The van der Waals surface area contributed by atoms with Gasteiger partial charge in [0.25, 0.3) is 5.91 Å². The van der Waals surface area contributed by atoms with Crippen molar-refractivity contribution in [1.82, 2.24) is 14.5 Å². The molecule has 1 N–H and O–H groups in total. The molecule has 88 valence electrons. The van der Waals surface area contributed by atoms with Gasteiger partial charge < -0.3 is 14.6 Å². The zero-order valence-electron chi connectivity index (χ0n) is 9.68. The van der Waals surface area contributed by atoms with Gasteiger partial charge >= 0.3 is 0 Å². The van der Waals surface area contributed by atoms with E-state index in [2.05, 4.69) is 4.98 Å². The van der Waals surface area contributed by atoms with Gasteiger partial charge in [-0.15, -0.1) is 0 Å². The number of β-amino-alcohol motifs (C(OH)–C–C–N with tert-alkyl or cyclic N) is 1. The topological polar surface area (TPSA) is 58.4 Å². The molecular formula is C11H17N3O2. The highest BCUT2D eigenvalue weighted by molar-refractivity contribution is 5.93. The molecule has 5 nitrogen and oxygen atoms in total. The van der Waals surface area contributed by atoms with E-state index >= 15 is 0 Å². The van der Waals surface area contributed by atoms with Crippen molar-refractivity contribution in [2.24, 2.45) is 7.05 Å². The maximum absolute atomic E-state index is 12.0. The van der Waals surface area contributed by atoms with Gasteiger partial charge in [0.1, 0.15) is 5.69 Å². The monoisotopic (exact) mass is 223 g/mol. The zero-order chi connectivity index (χ0) is 11.8. The van der Waals surface area contributed by atoms with Gasteiger partial charge in [0.05, 0.1) is 31.2 Å². The number of amides is 1. The molecule has 2 rings (SSSR count). The van der Waals surface area contributed by atoms with E-state index in [-0.39, 0.29) is 5.91 Å². The van der Waals surface area contributed by atoms with Gasteiger partial charge in [-0.1, -0.05) is 13.3 Å². The first-order chi connectivity index (χ1) is 7.56. The lowest BCUT2D eigenvalue weighted by atomic mass is 9.89. The Morgan fingerprint density at radius 1 is 1.62 bits per heavy atom. The predicted octanol–water partition coefficient (Wildman–Crippen LogP) is 0.407. The Bertz CT molecular complexity index is 394. The summed E-state index contributed by atoms with van der Waals surface area (Å²) < 4.78 is 1.69. The Hall–Kier alpha value is -1.36. The molecule has 0 spiro atoms. The number of rotatable bonds is 3. The van der Waals surface area contributed by atoms with Crippen LogP contribution in [-0.2, 0) is 7.05 Å². The minimum atomic E-state index is -0.664. The third kappa shape index (κ3) is 1.82. The number of aromatic nitrogens is 2. The van der Waals surface area contributed by atoms with Gasteiger partial charge in [-0.05, 0) is 6.42 Å². The summed E-state index contributed by atoms with van der Waals surface area (Å²) in [6, 6.07) is 0. The summed E-state index contributed by atoms with van der Waals surface area (Å²) in [7, 11) is 1.79. The van der Waals surface area contributed by atoms with Gasteiger partial charge in [-0.2, -0.15) is 0 Å². The fourth-order valence-electron chi connectivity index (χ4n) is 2.16. The molecule has 5 heteroatoms. The molecule has 0 unspecified atom stereocenters. The summed E-state index contributed by atoms with van der Waals surface area (Å²) in [4.78, 5) is 17.5. The fraction of sp³-hybridized carbons (Fsp3) is 0.636. The third-order valence-electron chi connectivity index (χ3n) is 3.01. The molecule has 1 aromatic heterocycles. The van der Waals surface area contributed by atoms with Crippen molar-refractivity contribution < 1.29 is 9.90 Å². The van der Waals surface area contributed by atoms with Crippen LogP contribution in [0.1, 0.15) is 30.3 Å². The molecule has 1 aliphatic heterocycles. The van der Waals surface area contributed by atoms with E-state index in [0.29, 0.717) is 18.8 Å². The normalized spacial score (nSPS) is 18.3. The summed E-state index contributed by atoms with van der Waals surface area (Å²) in [5.74, 6) is -0.0548. The first-order valence-corrected chi connectivity index (χ1v) is 5.54. The largest absolute Gasteiger partial charge is 0.386 e.